The molecule has 5 heteroatoms. The molecular formula is C15H17N3O2. The lowest BCUT2D eigenvalue weighted by molar-refractivity contribution is -0.143. The lowest BCUT2D eigenvalue weighted by atomic mass is 9.82. The van der Waals surface area contributed by atoms with Crippen LogP contribution in [0.15, 0.2) is 30.5 Å². The van der Waals surface area contributed by atoms with Crippen LogP contribution in [0.5, 0.6) is 0 Å². The average molecular weight is 271 g/mol. The van der Waals surface area contributed by atoms with Crippen LogP contribution in [0.3, 0.4) is 0 Å². The second-order valence-corrected chi connectivity index (χ2v) is 5.33. The molecule has 1 aromatic carbocycles. The fourth-order valence-electron chi connectivity index (χ4n) is 2.79. The van der Waals surface area contributed by atoms with E-state index in [0.717, 1.165) is 30.2 Å². The molecule has 0 unspecified atom stereocenters. The van der Waals surface area contributed by atoms with Crippen molar-refractivity contribution in [2.75, 3.05) is 5.32 Å². The minimum absolute atomic E-state index is 0.396. The monoisotopic (exact) mass is 271 g/mol. The van der Waals surface area contributed by atoms with Gasteiger partial charge in [0.2, 0.25) is 5.95 Å². The van der Waals surface area contributed by atoms with Crippen molar-refractivity contribution in [2.45, 2.75) is 37.6 Å². The Morgan fingerprint density at radius 3 is 2.70 bits per heavy atom. The molecule has 3 rings (SSSR count). The Morgan fingerprint density at radius 2 is 1.95 bits per heavy atom. The Hall–Kier alpha value is -2.17. The zero-order valence-electron chi connectivity index (χ0n) is 11.2. The topological polar surface area (TPSA) is 75.1 Å². The second kappa shape index (κ2) is 5.07. The molecule has 1 aliphatic carbocycles. The molecule has 1 aromatic heterocycles. The molecule has 0 atom stereocenters. The number of hydrogen-bond donors (Lipinski definition) is 2. The summed E-state index contributed by atoms with van der Waals surface area (Å²) < 4.78 is 0. The van der Waals surface area contributed by atoms with Crippen LogP contribution in [0.1, 0.15) is 32.1 Å². The second-order valence-electron chi connectivity index (χ2n) is 5.33. The van der Waals surface area contributed by atoms with E-state index in [1.165, 1.54) is 0 Å². The fraction of sp³-hybridized carbons (Fsp3) is 0.400. The van der Waals surface area contributed by atoms with Gasteiger partial charge in [0.25, 0.3) is 0 Å². The fourth-order valence-corrected chi connectivity index (χ4v) is 2.79. The molecule has 0 amide bonds. The first kappa shape index (κ1) is 12.8. The number of rotatable bonds is 3. The van der Waals surface area contributed by atoms with Gasteiger partial charge in [0, 0.05) is 11.6 Å². The highest BCUT2D eigenvalue weighted by Gasteiger charge is 2.40. The first-order valence-corrected chi connectivity index (χ1v) is 6.93. The quantitative estimate of drug-likeness (QED) is 0.897. The molecule has 1 aliphatic rings. The SMILES string of the molecule is O=C(O)C1(Nc2ncc3ccccc3n2)CCCCC1. The van der Waals surface area contributed by atoms with Gasteiger partial charge in [0.15, 0.2) is 0 Å². The van der Waals surface area contributed by atoms with Gasteiger partial charge in [-0.05, 0) is 18.9 Å². The number of anilines is 1. The van der Waals surface area contributed by atoms with Crippen LogP contribution in [0.25, 0.3) is 10.9 Å². The highest BCUT2D eigenvalue weighted by Crippen LogP contribution is 2.31. The van der Waals surface area contributed by atoms with Gasteiger partial charge in [-0.3, -0.25) is 0 Å². The first-order valence-electron chi connectivity index (χ1n) is 6.93. The van der Waals surface area contributed by atoms with Gasteiger partial charge < -0.3 is 10.4 Å². The Morgan fingerprint density at radius 1 is 1.20 bits per heavy atom. The lowest BCUT2D eigenvalue weighted by Crippen LogP contribution is -2.48. The summed E-state index contributed by atoms with van der Waals surface area (Å²) >= 11 is 0. The Kier molecular flexibility index (Phi) is 3.26. The van der Waals surface area contributed by atoms with Crippen LogP contribution < -0.4 is 5.32 Å². The maximum Gasteiger partial charge on any atom is 0.329 e. The largest absolute Gasteiger partial charge is 0.480 e. The molecule has 0 aliphatic heterocycles. The van der Waals surface area contributed by atoms with Crippen molar-refractivity contribution >= 4 is 22.8 Å². The molecule has 104 valence electrons. The van der Waals surface area contributed by atoms with Crippen LogP contribution in [0.4, 0.5) is 5.95 Å². The van der Waals surface area contributed by atoms with Crippen LogP contribution >= 0.6 is 0 Å². The number of aliphatic carboxylic acids is 1. The van der Waals surface area contributed by atoms with E-state index in [1.54, 1.807) is 6.20 Å². The van der Waals surface area contributed by atoms with Crippen molar-refractivity contribution in [1.29, 1.82) is 0 Å². The molecule has 1 heterocycles. The first-order chi connectivity index (χ1) is 9.70. The van der Waals surface area contributed by atoms with E-state index in [0.29, 0.717) is 18.8 Å². The number of hydrogen-bond acceptors (Lipinski definition) is 4. The van der Waals surface area contributed by atoms with Crippen LogP contribution in [0.2, 0.25) is 0 Å². The minimum atomic E-state index is -0.916. The number of aromatic nitrogens is 2. The summed E-state index contributed by atoms with van der Waals surface area (Å²) in [6.45, 7) is 0. The Labute approximate surface area is 117 Å². The average Bonchev–Trinajstić information content (AvgIpc) is 2.48. The van der Waals surface area contributed by atoms with Crippen molar-refractivity contribution in [2.24, 2.45) is 0 Å². The zero-order chi connectivity index (χ0) is 14.0. The normalized spacial score (nSPS) is 17.8. The predicted octanol–water partition coefficient (Wildman–Crippen LogP) is 2.83. The van der Waals surface area contributed by atoms with Gasteiger partial charge in [0.1, 0.15) is 5.54 Å². The molecular weight excluding hydrogens is 254 g/mol. The van der Waals surface area contributed by atoms with Gasteiger partial charge in [0.05, 0.1) is 5.52 Å². The number of fused-ring (bicyclic) bond motifs is 1. The van der Waals surface area contributed by atoms with E-state index in [4.69, 9.17) is 0 Å². The molecule has 5 nitrogen and oxygen atoms in total. The van der Waals surface area contributed by atoms with E-state index >= 15 is 0 Å². The number of carbonyl (C=O) groups is 1. The van der Waals surface area contributed by atoms with Crippen LogP contribution in [-0.4, -0.2) is 26.6 Å². The number of nitrogens with one attached hydrogen (secondary N) is 1. The molecule has 0 radical (unpaired) electrons. The summed E-state index contributed by atoms with van der Waals surface area (Å²) in [5.41, 5.74) is -0.0953. The molecule has 2 aromatic rings. The Bertz CT molecular complexity index is 636. The third-order valence-electron chi connectivity index (χ3n) is 3.96. The number of carboxylic acids is 1. The van der Waals surface area contributed by atoms with E-state index in [-0.39, 0.29) is 0 Å². The summed E-state index contributed by atoms with van der Waals surface area (Å²) in [5.74, 6) is -0.415. The van der Waals surface area contributed by atoms with Crippen molar-refractivity contribution in [3.05, 3.63) is 30.5 Å². The standard InChI is InChI=1S/C15H17N3O2/c19-13(20)15(8-4-1-5-9-15)18-14-16-10-11-6-2-3-7-12(11)17-14/h2-3,6-7,10H,1,4-5,8-9H2,(H,19,20)(H,16,17,18). The molecule has 0 bridgehead atoms. The van der Waals surface area contributed by atoms with Gasteiger partial charge >= 0.3 is 5.97 Å². The maximum atomic E-state index is 11.6. The van der Waals surface area contributed by atoms with Crippen molar-refractivity contribution < 1.29 is 9.90 Å². The molecule has 1 fully saturated rings. The molecule has 1 saturated carbocycles. The zero-order valence-corrected chi connectivity index (χ0v) is 11.2. The molecule has 0 saturated heterocycles. The summed E-state index contributed by atoms with van der Waals surface area (Å²) in [4.78, 5) is 20.3. The van der Waals surface area contributed by atoms with Crippen molar-refractivity contribution in [3.63, 3.8) is 0 Å². The number of carboxylic acid groups (broad SMARTS) is 1. The van der Waals surface area contributed by atoms with Crippen LogP contribution in [0, 0.1) is 0 Å². The predicted molar refractivity (Wildman–Crippen MR) is 76.6 cm³/mol. The Balaban J connectivity index is 1.92. The molecule has 2 N–H and O–H groups in total. The van der Waals surface area contributed by atoms with Crippen LogP contribution in [-0.2, 0) is 4.79 Å². The number of nitrogens with zero attached hydrogens (tertiary/aromatic N) is 2. The van der Waals surface area contributed by atoms with Gasteiger partial charge in [-0.2, -0.15) is 0 Å². The highest BCUT2D eigenvalue weighted by molar-refractivity contribution is 5.83. The third-order valence-corrected chi connectivity index (χ3v) is 3.96. The van der Waals surface area contributed by atoms with E-state index < -0.39 is 11.5 Å². The van der Waals surface area contributed by atoms with Crippen molar-refractivity contribution in [3.8, 4) is 0 Å². The van der Waals surface area contributed by atoms with Gasteiger partial charge in [-0.1, -0.05) is 37.5 Å². The molecule has 20 heavy (non-hydrogen) atoms. The third kappa shape index (κ3) is 2.31. The lowest BCUT2D eigenvalue weighted by Gasteiger charge is -2.33. The number of benzene rings is 1. The molecule has 0 spiro atoms. The van der Waals surface area contributed by atoms with E-state index in [9.17, 15) is 9.90 Å². The maximum absolute atomic E-state index is 11.6. The number of para-hydroxylation sites is 1. The summed E-state index contributed by atoms with van der Waals surface area (Å²) in [6.07, 6.45) is 5.91. The summed E-state index contributed by atoms with van der Waals surface area (Å²) in [5, 5.41) is 13.6. The highest BCUT2D eigenvalue weighted by atomic mass is 16.4. The van der Waals surface area contributed by atoms with Crippen molar-refractivity contribution in [1.82, 2.24) is 9.97 Å². The van der Waals surface area contributed by atoms with Gasteiger partial charge in [-0.25, -0.2) is 14.8 Å². The van der Waals surface area contributed by atoms with E-state index in [1.807, 2.05) is 24.3 Å². The minimum Gasteiger partial charge on any atom is -0.480 e. The summed E-state index contributed by atoms with van der Waals surface area (Å²) in [6, 6.07) is 7.68. The van der Waals surface area contributed by atoms with E-state index in [2.05, 4.69) is 15.3 Å². The smallest absolute Gasteiger partial charge is 0.329 e. The summed E-state index contributed by atoms with van der Waals surface area (Å²) in [7, 11) is 0. The van der Waals surface area contributed by atoms with Gasteiger partial charge in [-0.15, -0.1) is 0 Å².